The monoisotopic (exact) mass is 368 g/mol. The predicted molar refractivity (Wildman–Crippen MR) is 92.5 cm³/mol. The second-order valence-electron chi connectivity index (χ2n) is 6.34. The van der Waals surface area contributed by atoms with Crippen LogP contribution in [0.25, 0.3) is 0 Å². The van der Waals surface area contributed by atoms with Crippen LogP contribution in [0.15, 0.2) is 18.2 Å². The number of nitrogens with one attached hydrogen (secondary N) is 1. The van der Waals surface area contributed by atoms with Gasteiger partial charge < -0.3 is 10.1 Å². The lowest BCUT2D eigenvalue weighted by Gasteiger charge is -2.30. The number of carbonyl (C=O) groups excluding carboxylic acids is 2. The lowest BCUT2D eigenvalue weighted by molar-refractivity contribution is -0.385. The maximum Gasteiger partial charge on any atom is 0.345 e. The summed E-state index contributed by atoms with van der Waals surface area (Å²) in [4.78, 5) is 34.8. The summed E-state index contributed by atoms with van der Waals surface area (Å²) in [5.41, 5.74) is -0.689. The Morgan fingerprint density at radius 2 is 2.04 bits per heavy atom. The smallest absolute Gasteiger partial charge is 0.345 e. The molecule has 1 N–H and O–H groups in total. The third kappa shape index (κ3) is 4.92. The molecule has 1 aromatic carbocycles. The summed E-state index contributed by atoms with van der Waals surface area (Å²) < 4.78 is 5.11. The molecule has 2 rings (SSSR count). The van der Waals surface area contributed by atoms with E-state index in [1.807, 2.05) is 0 Å². The Morgan fingerprint density at radius 3 is 2.68 bits per heavy atom. The molecule has 7 nitrogen and oxygen atoms in total. The number of carbonyl (C=O) groups is 2. The molecule has 1 aliphatic carbocycles. The summed E-state index contributed by atoms with van der Waals surface area (Å²) in [7, 11) is 0. The maximum atomic E-state index is 12.3. The average Bonchev–Trinajstić information content (AvgIpc) is 2.56. The Kier molecular flexibility index (Phi) is 6.36. The van der Waals surface area contributed by atoms with E-state index < -0.39 is 28.6 Å². The van der Waals surface area contributed by atoms with Crippen molar-refractivity contribution in [1.29, 1.82) is 0 Å². The van der Waals surface area contributed by atoms with E-state index in [4.69, 9.17) is 16.3 Å². The van der Waals surface area contributed by atoms with Crippen LogP contribution in [0.5, 0.6) is 0 Å². The second-order valence-corrected chi connectivity index (χ2v) is 6.78. The van der Waals surface area contributed by atoms with Crippen LogP contribution in [0.3, 0.4) is 0 Å². The Morgan fingerprint density at radius 1 is 1.36 bits per heavy atom. The van der Waals surface area contributed by atoms with Crippen LogP contribution in [0, 0.1) is 16.0 Å². The number of hydrogen-bond acceptors (Lipinski definition) is 5. The van der Waals surface area contributed by atoms with Crippen molar-refractivity contribution < 1.29 is 19.2 Å². The molecule has 1 saturated carbocycles. The molecule has 0 aliphatic heterocycles. The molecule has 25 heavy (non-hydrogen) atoms. The van der Waals surface area contributed by atoms with E-state index in [2.05, 4.69) is 12.2 Å². The maximum absolute atomic E-state index is 12.3. The molecule has 3 atom stereocenters. The fourth-order valence-electron chi connectivity index (χ4n) is 2.94. The second kappa shape index (κ2) is 8.29. The van der Waals surface area contributed by atoms with Gasteiger partial charge in [0.2, 0.25) is 0 Å². The fraction of sp³-hybridized carbons (Fsp3) is 0.529. The summed E-state index contributed by atoms with van der Waals surface area (Å²) >= 11 is 5.80. The average molecular weight is 369 g/mol. The molecule has 1 fully saturated rings. The first-order chi connectivity index (χ1) is 11.8. The third-order valence-corrected chi connectivity index (χ3v) is 4.70. The van der Waals surface area contributed by atoms with Gasteiger partial charge in [0.25, 0.3) is 11.6 Å². The zero-order valence-electron chi connectivity index (χ0n) is 14.2. The summed E-state index contributed by atoms with van der Waals surface area (Å²) in [5.74, 6) is -0.986. The van der Waals surface area contributed by atoms with Gasteiger partial charge in [-0.3, -0.25) is 14.9 Å². The molecule has 0 spiro atoms. The fourth-order valence-corrected chi connectivity index (χ4v) is 3.11. The quantitative estimate of drug-likeness (QED) is 0.487. The first-order valence-electron chi connectivity index (χ1n) is 8.25. The topological polar surface area (TPSA) is 98.5 Å². The number of nitro groups is 1. The van der Waals surface area contributed by atoms with E-state index in [9.17, 15) is 19.7 Å². The standard InChI is InChI=1S/C17H21ClN2O5/c1-10-5-3-4-6-14(10)19-16(21)11(2)25-17(22)13-9-12(18)7-8-15(13)20(23)24/h7-11,14H,3-6H2,1-2H3,(H,19,21)/t10-,11+,14+/m0/s1. The summed E-state index contributed by atoms with van der Waals surface area (Å²) in [6, 6.07) is 3.67. The molecule has 0 aromatic heterocycles. The van der Waals surface area contributed by atoms with Gasteiger partial charge in [0.1, 0.15) is 5.56 Å². The highest BCUT2D eigenvalue weighted by atomic mass is 35.5. The number of halogens is 1. The van der Waals surface area contributed by atoms with Gasteiger partial charge in [-0.15, -0.1) is 0 Å². The van der Waals surface area contributed by atoms with Crippen molar-refractivity contribution in [2.24, 2.45) is 5.92 Å². The first-order valence-corrected chi connectivity index (χ1v) is 8.62. The van der Waals surface area contributed by atoms with Gasteiger partial charge in [0.05, 0.1) is 4.92 Å². The Balaban J connectivity index is 2.03. The number of benzene rings is 1. The lowest BCUT2D eigenvalue weighted by atomic mass is 9.86. The Bertz CT molecular complexity index is 679. The molecule has 0 unspecified atom stereocenters. The molecule has 0 saturated heterocycles. The van der Waals surface area contributed by atoms with E-state index >= 15 is 0 Å². The number of nitro benzene ring substituents is 1. The molecule has 0 bridgehead atoms. The van der Waals surface area contributed by atoms with Crippen LogP contribution in [-0.2, 0) is 9.53 Å². The number of ether oxygens (including phenoxy) is 1. The highest BCUT2D eigenvalue weighted by Gasteiger charge is 2.28. The van der Waals surface area contributed by atoms with Gasteiger partial charge in [-0.05, 0) is 37.8 Å². The summed E-state index contributed by atoms with van der Waals surface area (Å²) in [5, 5.41) is 14.1. The van der Waals surface area contributed by atoms with Gasteiger partial charge in [-0.2, -0.15) is 0 Å². The molecule has 1 aromatic rings. The van der Waals surface area contributed by atoms with Crippen LogP contribution < -0.4 is 5.32 Å². The van der Waals surface area contributed by atoms with E-state index in [0.717, 1.165) is 37.8 Å². The van der Waals surface area contributed by atoms with Gasteiger partial charge in [0.15, 0.2) is 6.10 Å². The van der Waals surface area contributed by atoms with Crippen molar-refractivity contribution in [1.82, 2.24) is 5.32 Å². The Labute approximate surface area is 150 Å². The SMILES string of the molecule is C[C@@H](OC(=O)c1cc(Cl)ccc1[N+](=O)[O-])C(=O)N[C@@H]1CCCC[C@@H]1C. The molecule has 8 heteroatoms. The van der Waals surface area contributed by atoms with Crippen molar-refractivity contribution in [2.75, 3.05) is 0 Å². The minimum absolute atomic E-state index is 0.0582. The van der Waals surface area contributed by atoms with Crippen molar-refractivity contribution in [2.45, 2.75) is 51.7 Å². The number of esters is 1. The number of nitrogens with zero attached hydrogens (tertiary/aromatic N) is 1. The van der Waals surface area contributed by atoms with E-state index in [1.54, 1.807) is 0 Å². The van der Waals surface area contributed by atoms with Gasteiger partial charge >= 0.3 is 5.97 Å². The van der Waals surface area contributed by atoms with Gasteiger partial charge in [0, 0.05) is 17.1 Å². The molecular formula is C17H21ClN2O5. The van der Waals surface area contributed by atoms with Crippen LogP contribution in [0.4, 0.5) is 5.69 Å². The summed E-state index contributed by atoms with van der Waals surface area (Å²) in [6.45, 7) is 3.52. The van der Waals surface area contributed by atoms with Crippen molar-refractivity contribution >= 4 is 29.2 Å². The van der Waals surface area contributed by atoms with Crippen LogP contribution in [0.2, 0.25) is 5.02 Å². The highest BCUT2D eigenvalue weighted by Crippen LogP contribution is 2.25. The Hall–Kier alpha value is -2.15. The normalized spacial score (nSPS) is 21.2. The largest absolute Gasteiger partial charge is 0.449 e. The molecule has 136 valence electrons. The minimum Gasteiger partial charge on any atom is -0.449 e. The number of rotatable bonds is 5. The predicted octanol–water partition coefficient (Wildman–Crippen LogP) is 3.49. The van der Waals surface area contributed by atoms with Crippen LogP contribution >= 0.6 is 11.6 Å². The van der Waals surface area contributed by atoms with Crippen molar-refractivity contribution in [3.05, 3.63) is 38.9 Å². The van der Waals surface area contributed by atoms with Crippen molar-refractivity contribution in [3.8, 4) is 0 Å². The third-order valence-electron chi connectivity index (χ3n) is 4.47. The zero-order chi connectivity index (χ0) is 18.6. The highest BCUT2D eigenvalue weighted by molar-refractivity contribution is 6.31. The van der Waals surface area contributed by atoms with E-state index in [-0.39, 0.29) is 16.6 Å². The molecule has 0 heterocycles. The lowest BCUT2D eigenvalue weighted by Crippen LogP contribution is -2.46. The molecule has 1 amide bonds. The van der Waals surface area contributed by atoms with Gasteiger partial charge in [-0.25, -0.2) is 4.79 Å². The van der Waals surface area contributed by atoms with E-state index in [1.165, 1.54) is 13.0 Å². The zero-order valence-corrected chi connectivity index (χ0v) is 14.9. The minimum atomic E-state index is -1.06. The molecule has 1 aliphatic rings. The van der Waals surface area contributed by atoms with Gasteiger partial charge in [-0.1, -0.05) is 31.4 Å². The summed E-state index contributed by atoms with van der Waals surface area (Å²) in [6.07, 6.45) is 3.09. The van der Waals surface area contributed by atoms with Crippen LogP contribution in [-0.4, -0.2) is 28.9 Å². The first kappa shape index (κ1) is 19.2. The van der Waals surface area contributed by atoms with E-state index in [0.29, 0.717) is 5.92 Å². The number of amides is 1. The van der Waals surface area contributed by atoms with Crippen molar-refractivity contribution in [3.63, 3.8) is 0 Å². The molecule has 0 radical (unpaired) electrons. The van der Waals surface area contributed by atoms with Crippen LogP contribution in [0.1, 0.15) is 49.9 Å². The number of hydrogen-bond donors (Lipinski definition) is 1. The molecular weight excluding hydrogens is 348 g/mol.